The molecule has 0 fully saturated rings. The zero-order valence-electron chi connectivity index (χ0n) is 15.1. The fourth-order valence-electron chi connectivity index (χ4n) is 3.88. The van der Waals surface area contributed by atoms with Gasteiger partial charge in [0.1, 0.15) is 0 Å². The molecule has 0 spiro atoms. The molecule has 0 aliphatic heterocycles. The second-order valence-corrected chi connectivity index (χ2v) is 7.91. The third-order valence-corrected chi connectivity index (χ3v) is 6.50. The second kappa shape index (κ2) is 7.02. The predicted molar refractivity (Wildman–Crippen MR) is 119 cm³/mol. The van der Waals surface area contributed by atoms with Crippen molar-refractivity contribution in [3.8, 4) is 22.3 Å². The lowest BCUT2D eigenvalue weighted by Gasteiger charge is -2.11. The zero-order chi connectivity index (χ0) is 18.1. The first-order valence-corrected chi connectivity index (χ1v) is 10.2. The Labute approximate surface area is 164 Å². The summed E-state index contributed by atoms with van der Waals surface area (Å²) < 4.78 is 0. The summed E-state index contributed by atoms with van der Waals surface area (Å²) in [6.07, 6.45) is 15.5. The Hall–Kier alpha value is -2.90. The Kier molecular flexibility index (Phi) is 4.23. The molecule has 3 aromatic rings. The topological polar surface area (TPSA) is 0 Å². The van der Waals surface area contributed by atoms with Crippen molar-refractivity contribution in [3.63, 3.8) is 0 Å². The predicted octanol–water partition coefficient (Wildman–Crippen LogP) is 7.77. The standard InChI is InChI=1S/C26H20S/c1-3-11-19(12-4-1)23-24(20-13-5-2-6-14-20)26(22-17-9-10-18-22)27-25(23)21-15-7-8-16-21/h1-15,17H,16,18H2. The second-order valence-electron chi connectivity index (χ2n) is 6.89. The number of hydrogen-bond donors (Lipinski definition) is 0. The van der Waals surface area contributed by atoms with Gasteiger partial charge in [0.2, 0.25) is 0 Å². The normalized spacial score (nSPS) is 15.3. The fraction of sp³-hybridized carbons (Fsp3) is 0.0769. The Bertz CT molecular complexity index is 1000. The first-order chi connectivity index (χ1) is 13.4. The van der Waals surface area contributed by atoms with Crippen LogP contribution in [-0.4, -0.2) is 0 Å². The van der Waals surface area contributed by atoms with Gasteiger partial charge in [-0.25, -0.2) is 0 Å². The molecular formula is C26H20S. The molecule has 130 valence electrons. The summed E-state index contributed by atoms with van der Waals surface area (Å²) in [6.45, 7) is 0. The maximum atomic E-state index is 2.28. The maximum absolute atomic E-state index is 2.28. The number of hydrogen-bond acceptors (Lipinski definition) is 1. The van der Waals surface area contributed by atoms with Gasteiger partial charge in [0.25, 0.3) is 0 Å². The van der Waals surface area contributed by atoms with Crippen LogP contribution in [0.3, 0.4) is 0 Å². The van der Waals surface area contributed by atoms with Gasteiger partial charge in [-0.05, 0) is 35.1 Å². The smallest absolute Gasteiger partial charge is 0.0396 e. The zero-order valence-corrected chi connectivity index (χ0v) is 15.9. The van der Waals surface area contributed by atoms with Gasteiger partial charge >= 0.3 is 0 Å². The summed E-state index contributed by atoms with van der Waals surface area (Å²) in [6, 6.07) is 21.7. The fourth-order valence-corrected chi connectivity index (χ4v) is 5.29. The highest BCUT2D eigenvalue weighted by atomic mass is 32.1. The lowest BCUT2D eigenvalue weighted by atomic mass is 9.91. The van der Waals surface area contributed by atoms with Gasteiger partial charge < -0.3 is 0 Å². The molecule has 0 radical (unpaired) electrons. The Morgan fingerprint density at radius 3 is 1.37 bits per heavy atom. The van der Waals surface area contributed by atoms with Gasteiger partial charge in [-0.3, -0.25) is 0 Å². The number of benzene rings is 2. The first-order valence-electron chi connectivity index (χ1n) is 9.41. The van der Waals surface area contributed by atoms with E-state index in [1.165, 1.54) is 43.2 Å². The molecule has 0 atom stereocenters. The van der Waals surface area contributed by atoms with Crippen molar-refractivity contribution in [2.75, 3.05) is 0 Å². The van der Waals surface area contributed by atoms with Crippen molar-refractivity contribution in [2.24, 2.45) is 0 Å². The van der Waals surface area contributed by atoms with Crippen molar-refractivity contribution in [3.05, 3.63) is 107 Å². The first kappa shape index (κ1) is 16.3. The van der Waals surface area contributed by atoms with E-state index in [1.54, 1.807) is 0 Å². The molecule has 2 aromatic carbocycles. The highest BCUT2D eigenvalue weighted by Gasteiger charge is 2.25. The van der Waals surface area contributed by atoms with Crippen LogP contribution in [0.5, 0.6) is 0 Å². The van der Waals surface area contributed by atoms with E-state index < -0.39 is 0 Å². The summed E-state index contributed by atoms with van der Waals surface area (Å²) in [4.78, 5) is 2.82. The quantitative estimate of drug-likeness (QED) is 0.443. The summed E-state index contributed by atoms with van der Waals surface area (Å²) >= 11 is 1.95. The van der Waals surface area contributed by atoms with E-state index >= 15 is 0 Å². The molecule has 2 aliphatic carbocycles. The molecule has 5 rings (SSSR count). The van der Waals surface area contributed by atoms with Crippen LogP contribution in [0.25, 0.3) is 33.4 Å². The highest BCUT2D eigenvalue weighted by Crippen LogP contribution is 2.50. The third-order valence-electron chi connectivity index (χ3n) is 5.16. The summed E-state index contributed by atoms with van der Waals surface area (Å²) in [5, 5.41) is 0. The lowest BCUT2D eigenvalue weighted by molar-refractivity contribution is 1.46. The molecule has 1 heterocycles. The van der Waals surface area contributed by atoms with Crippen LogP contribution >= 0.6 is 11.3 Å². The van der Waals surface area contributed by atoms with E-state index in [1.807, 2.05) is 11.3 Å². The average molecular weight is 365 g/mol. The molecule has 0 amide bonds. The minimum absolute atomic E-state index is 1.02. The highest BCUT2D eigenvalue weighted by molar-refractivity contribution is 7.15. The van der Waals surface area contributed by atoms with Gasteiger partial charge in [-0.2, -0.15) is 0 Å². The molecule has 0 N–H and O–H groups in total. The number of thiophene rings is 1. The van der Waals surface area contributed by atoms with E-state index in [0.717, 1.165) is 12.8 Å². The van der Waals surface area contributed by atoms with Crippen LogP contribution in [0.1, 0.15) is 22.6 Å². The minimum atomic E-state index is 1.02. The van der Waals surface area contributed by atoms with Gasteiger partial charge in [0, 0.05) is 20.9 Å². The summed E-state index contributed by atoms with van der Waals surface area (Å²) in [5.74, 6) is 0. The molecule has 1 heteroatoms. The van der Waals surface area contributed by atoms with Crippen molar-refractivity contribution in [1.82, 2.24) is 0 Å². The van der Waals surface area contributed by atoms with Gasteiger partial charge in [0.05, 0.1) is 0 Å². The Morgan fingerprint density at radius 1 is 0.556 bits per heavy atom. The Balaban J connectivity index is 1.82. The van der Waals surface area contributed by atoms with E-state index in [-0.39, 0.29) is 0 Å². The summed E-state index contributed by atoms with van der Waals surface area (Å²) in [5.41, 5.74) is 8.21. The Morgan fingerprint density at radius 2 is 1.00 bits per heavy atom. The number of allylic oxidation sites excluding steroid dienone is 8. The van der Waals surface area contributed by atoms with Crippen LogP contribution in [0, 0.1) is 0 Å². The molecule has 0 nitrogen and oxygen atoms in total. The monoisotopic (exact) mass is 364 g/mol. The summed E-state index contributed by atoms with van der Waals surface area (Å²) in [7, 11) is 0. The minimum Gasteiger partial charge on any atom is -0.135 e. The lowest BCUT2D eigenvalue weighted by Crippen LogP contribution is -1.88. The van der Waals surface area contributed by atoms with E-state index in [2.05, 4.69) is 97.1 Å². The van der Waals surface area contributed by atoms with Crippen LogP contribution < -0.4 is 0 Å². The molecule has 0 saturated carbocycles. The van der Waals surface area contributed by atoms with Crippen molar-refractivity contribution in [1.29, 1.82) is 0 Å². The molecule has 1 aromatic heterocycles. The van der Waals surface area contributed by atoms with Crippen molar-refractivity contribution >= 4 is 22.5 Å². The van der Waals surface area contributed by atoms with Crippen LogP contribution in [0.15, 0.2) is 97.1 Å². The van der Waals surface area contributed by atoms with Crippen LogP contribution in [-0.2, 0) is 0 Å². The molecule has 2 aliphatic rings. The van der Waals surface area contributed by atoms with E-state index in [9.17, 15) is 0 Å². The van der Waals surface area contributed by atoms with E-state index in [0.29, 0.717) is 0 Å². The third kappa shape index (κ3) is 2.94. The van der Waals surface area contributed by atoms with E-state index in [4.69, 9.17) is 0 Å². The maximum Gasteiger partial charge on any atom is 0.0396 e. The average Bonchev–Trinajstić information content (AvgIpc) is 3.49. The molecule has 0 bridgehead atoms. The molecular weight excluding hydrogens is 344 g/mol. The van der Waals surface area contributed by atoms with Crippen LogP contribution in [0.4, 0.5) is 0 Å². The van der Waals surface area contributed by atoms with Crippen LogP contribution in [0.2, 0.25) is 0 Å². The van der Waals surface area contributed by atoms with Gasteiger partial charge in [0.15, 0.2) is 0 Å². The largest absolute Gasteiger partial charge is 0.135 e. The van der Waals surface area contributed by atoms with Gasteiger partial charge in [-0.15, -0.1) is 11.3 Å². The van der Waals surface area contributed by atoms with Crippen molar-refractivity contribution in [2.45, 2.75) is 12.8 Å². The molecule has 27 heavy (non-hydrogen) atoms. The molecule has 0 saturated heterocycles. The molecule has 0 unspecified atom stereocenters. The van der Waals surface area contributed by atoms with Crippen molar-refractivity contribution < 1.29 is 0 Å². The number of rotatable bonds is 4. The van der Waals surface area contributed by atoms with Gasteiger partial charge in [-0.1, -0.05) is 97.1 Å². The SMILES string of the molecule is C1=CCC(c2sc(C3=CC=CC3)c(-c3ccccc3)c2-c2ccccc2)=C1.